The molecule has 0 fully saturated rings. The van der Waals surface area contributed by atoms with E-state index in [1.54, 1.807) is 12.1 Å². The molecule has 1 aromatic rings. The van der Waals surface area contributed by atoms with Gasteiger partial charge in [-0.2, -0.15) is 0 Å². The Balaban J connectivity index is 2.84. The zero-order valence-corrected chi connectivity index (χ0v) is 8.09. The Morgan fingerprint density at radius 2 is 2.00 bits per heavy atom. The first-order valence-corrected chi connectivity index (χ1v) is 4.65. The van der Waals surface area contributed by atoms with Crippen LogP contribution < -0.4 is 0 Å². The Bertz CT molecular complexity index is 260. The van der Waals surface area contributed by atoms with Crippen LogP contribution in [0.1, 0.15) is 31.9 Å². The highest BCUT2D eigenvalue weighted by Gasteiger charge is 2.12. The summed E-state index contributed by atoms with van der Waals surface area (Å²) in [5.74, 6) is -0.178. The molecular weight excluding hydrogens is 167 g/mol. The second kappa shape index (κ2) is 4.97. The third-order valence-electron chi connectivity index (χ3n) is 1.99. The van der Waals surface area contributed by atoms with Gasteiger partial charge in [-0.15, -0.1) is 0 Å². The maximum absolute atomic E-state index is 13.3. The van der Waals surface area contributed by atoms with Crippen molar-refractivity contribution in [3.63, 3.8) is 0 Å². The van der Waals surface area contributed by atoms with Gasteiger partial charge in [-0.05, 0) is 19.4 Å². The van der Waals surface area contributed by atoms with Gasteiger partial charge in [0, 0.05) is 12.2 Å². The Kier molecular flexibility index (Phi) is 3.90. The van der Waals surface area contributed by atoms with Crippen molar-refractivity contribution in [2.75, 3.05) is 6.61 Å². The molecule has 0 amide bonds. The number of benzene rings is 1. The smallest absolute Gasteiger partial charge is 0.129 e. The predicted octanol–water partition coefficient (Wildman–Crippen LogP) is 3.31. The minimum Gasteiger partial charge on any atom is -0.374 e. The SMILES string of the molecule is CCOC(CC)c1ccccc1F. The molecule has 0 saturated heterocycles. The van der Waals surface area contributed by atoms with Gasteiger partial charge in [0.2, 0.25) is 0 Å². The average Bonchev–Trinajstić information content (AvgIpc) is 2.16. The molecule has 72 valence electrons. The lowest BCUT2D eigenvalue weighted by Gasteiger charge is -2.15. The molecule has 1 unspecified atom stereocenters. The van der Waals surface area contributed by atoms with Crippen LogP contribution in [0.4, 0.5) is 4.39 Å². The number of ether oxygens (including phenoxy) is 1. The van der Waals surface area contributed by atoms with E-state index < -0.39 is 0 Å². The zero-order chi connectivity index (χ0) is 9.68. The summed E-state index contributed by atoms with van der Waals surface area (Å²) in [6.07, 6.45) is 0.695. The van der Waals surface area contributed by atoms with Crippen molar-refractivity contribution in [2.45, 2.75) is 26.4 Å². The first kappa shape index (κ1) is 10.2. The fourth-order valence-corrected chi connectivity index (χ4v) is 1.36. The molecule has 0 aliphatic rings. The number of halogens is 1. The summed E-state index contributed by atoms with van der Waals surface area (Å²) < 4.78 is 18.7. The van der Waals surface area contributed by atoms with E-state index in [4.69, 9.17) is 4.74 Å². The lowest BCUT2D eigenvalue weighted by Crippen LogP contribution is -2.04. The second-order valence-corrected chi connectivity index (χ2v) is 2.87. The monoisotopic (exact) mass is 182 g/mol. The molecule has 1 nitrogen and oxygen atoms in total. The predicted molar refractivity (Wildman–Crippen MR) is 51.1 cm³/mol. The van der Waals surface area contributed by atoms with E-state index in [-0.39, 0.29) is 11.9 Å². The molecule has 13 heavy (non-hydrogen) atoms. The van der Waals surface area contributed by atoms with Crippen LogP contribution in [-0.2, 0) is 4.74 Å². The highest BCUT2D eigenvalue weighted by molar-refractivity contribution is 5.19. The van der Waals surface area contributed by atoms with Gasteiger partial charge in [-0.25, -0.2) is 4.39 Å². The number of rotatable bonds is 4. The summed E-state index contributed by atoms with van der Waals surface area (Å²) in [6.45, 7) is 4.53. The molecule has 0 aliphatic heterocycles. The number of hydrogen-bond donors (Lipinski definition) is 0. The largest absolute Gasteiger partial charge is 0.374 e. The van der Waals surface area contributed by atoms with E-state index in [0.717, 1.165) is 6.42 Å². The third kappa shape index (κ3) is 2.52. The molecule has 0 aliphatic carbocycles. The minimum atomic E-state index is -0.178. The maximum Gasteiger partial charge on any atom is 0.129 e. The Morgan fingerprint density at radius 1 is 1.31 bits per heavy atom. The normalized spacial score (nSPS) is 12.8. The molecular formula is C11H15FO. The van der Waals surface area contributed by atoms with Crippen molar-refractivity contribution in [3.8, 4) is 0 Å². The van der Waals surface area contributed by atoms with Crippen LogP contribution >= 0.6 is 0 Å². The quantitative estimate of drug-likeness (QED) is 0.694. The molecule has 0 radical (unpaired) electrons. The summed E-state index contributed by atoms with van der Waals surface area (Å²) in [5.41, 5.74) is 0.659. The first-order chi connectivity index (χ1) is 6.29. The van der Waals surface area contributed by atoms with Crippen molar-refractivity contribution in [1.29, 1.82) is 0 Å². The average molecular weight is 182 g/mol. The van der Waals surface area contributed by atoms with Gasteiger partial charge in [0.1, 0.15) is 5.82 Å². The van der Waals surface area contributed by atoms with Crippen LogP contribution in [0.15, 0.2) is 24.3 Å². The lowest BCUT2D eigenvalue weighted by molar-refractivity contribution is 0.0573. The van der Waals surface area contributed by atoms with Crippen molar-refractivity contribution in [1.82, 2.24) is 0 Å². The number of hydrogen-bond acceptors (Lipinski definition) is 1. The van der Waals surface area contributed by atoms with E-state index in [0.29, 0.717) is 12.2 Å². The van der Waals surface area contributed by atoms with Gasteiger partial charge >= 0.3 is 0 Å². The summed E-state index contributed by atoms with van der Waals surface area (Å²) >= 11 is 0. The van der Waals surface area contributed by atoms with Crippen LogP contribution in [0.5, 0.6) is 0 Å². The van der Waals surface area contributed by atoms with Crippen LogP contribution in [0.2, 0.25) is 0 Å². The van der Waals surface area contributed by atoms with E-state index >= 15 is 0 Å². The van der Waals surface area contributed by atoms with Crippen LogP contribution in [0, 0.1) is 5.82 Å². The van der Waals surface area contributed by atoms with Crippen molar-refractivity contribution < 1.29 is 9.13 Å². The van der Waals surface area contributed by atoms with Gasteiger partial charge in [0.25, 0.3) is 0 Å². The van der Waals surface area contributed by atoms with Gasteiger partial charge in [0.05, 0.1) is 6.10 Å². The van der Waals surface area contributed by atoms with E-state index in [9.17, 15) is 4.39 Å². The summed E-state index contributed by atoms with van der Waals surface area (Å²) in [7, 11) is 0. The highest BCUT2D eigenvalue weighted by Crippen LogP contribution is 2.22. The molecule has 1 rings (SSSR count). The Morgan fingerprint density at radius 3 is 2.54 bits per heavy atom. The first-order valence-electron chi connectivity index (χ1n) is 4.65. The molecule has 1 atom stereocenters. The summed E-state index contributed by atoms with van der Waals surface area (Å²) in [4.78, 5) is 0. The van der Waals surface area contributed by atoms with Crippen LogP contribution in [-0.4, -0.2) is 6.61 Å². The van der Waals surface area contributed by atoms with Gasteiger partial charge < -0.3 is 4.74 Å². The molecule has 0 bridgehead atoms. The topological polar surface area (TPSA) is 9.23 Å². The van der Waals surface area contributed by atoms with Crippen molar-refractivity contribution in [3.05, 3.63) is 35.6 Å². The summed E-state index contributed by atoms with van der Waals surface area (Å²) in [5, 5.41) is 0. The third-order valence-corrected chi connectivity index (χ3v) is 1.99. The van der Waals surface area contributed by atoms with Gasteiger partial charge in [-0.1, -0.05) is 25.1 Å². The maximum atomic E-state index is 13.3. The van der Waals surface area contributed by atoms with Gasteiger partial charge in [-0.3, -0.25) is 0 Å². The molecule has 1 aromatic carbocycles. The standard InChI is InChI=1S/C11H15FO/c1-3-11(13-4-2)9-7-5-6-8-10(9)12/h5-8,11H,3-4H2,1-2H3. The van der Waals surface area contributed by atoms with Crippen LogP contribution in [0.25, 0.3) is 0 Å². The molecule has 0 saturated carbocycles. The molecule has 2 heteroatoms. The molecule has 0 N–H and O–H groups in total. The van der Waals surface area contributed by atoms with Gasteiger partial charge in [0.15, 0.2) is 0 Å². The zero-order valence-electron chi connectivity index (χ0n) is 8.09. The van der Waals surface area contributed by atoms with E-state index in [1.807, 2.05) is 19.9 Å². The Labute approximate surface area is 78.5 Å². The van der Waals surface area contributed by atoms with Crippen molar-refractivity contribution >= 4 is 0 Å². The van der Waals surface area contributed by atoms with E-state index in [1.165, 1.54) is 6.07 Å². The van der Waals surface area contributed by atoms with Crippen molar-refractivity contribution in [2.24, 2.45) is 0 Å². The summed E-state index contributed by atoms with van der Waals surface area (Å²) in [6, 6.07) is 6.77. The van der Waals surface area contributed by atoms with Crippen LogP contribution in [0.3, 0.4) is 0 Å². The lowest BCUT2D eigenvalue weighted by atomic mass is 10.1. The highest BCUT2D eigenvalue weighted by atomic mass is 19.1. The Hall–Kier alpha value is -0.890. The second-order valence-electron chi connectivity index (χ2n) is 2.87. The molecule has 0 heterocycles. The minimum absolute atomic E-state index is 0.105. The van der Waals surface area contributed by atoms with E-state index in [2.05, 4.69) is 0 Å². The molecule has 0 spiro atoms. The fourth-order valence-electron chi connectivity index (χ4n) is 1.36. The molecule has 0 aromatic heterocycles. The fraction of sp³-hybridized carbons (Fsp3) is 0.455.